The van der Waals surface area contributed by atoms with E-state index >= 15 is 0 Å². The van der Waals surface area contributed by atoms with Gasteiger partial charge in [-0.3, -0.25) is 0 Å². The molecule has 2 fully saturated rings. The number of aliphatic carboxylic acids is 1. The molecule has 36 heavy (non-hydrogen) atoms. The van der Waals surface area contributed by atoms with Gasteiger partial charge in [0.1, 0.15) is 24.4 Å². The average Bonchev–Trinajstić information content (AvgIpc) is 2.89. The second-order valence-corrected chi connectivity index (χ2v) is 8.49. The smallest absolute Gasteiger partial charge is 0.407 e. The summed E-state index contributed by atoms with van der Waals surface area (Å²) in [4.78, 5) is 24.1. The number of carbonyl (C=O) groups excluding carboxylic acids is 1. The molecule has 2 aliphatic heterocycles. The number of rotatable bonds is 9. The van der Waals surface area contributed by atoms with E-state index in [9.17, 15) is 14.7 Å². The van der Waals surface area contributed by atoms with Crippen LogP contribution in [0.25, 0.3) is 0 Å². The van der Waals surface area contributed by atoms with E-state index in [1.54, 1.807) is 6.92 Å². The molecule has 2 aromatic carbocycles. The van der Waals surface area contributed by atoms with Crippen molar-refractivity contribution in [1.82, 2.24) is 5.32 Å². The molecule has 1 amide bonds. The van der Waals surface area contributed by atoms with Crippen LogP contribution in [0.2, 0.25) is 0 Å². The molecule has 0 saturated carbocycles. The van der Waals surface area contributed by atoms with E-state index in [1.807, 2.05) is 60.7 Å². The molecule has 1 unspecified atom stereocenters. The Kier molecular flexibility index (Phi) is 8.89. The van der Waals surface area contributed by atoms with Crippen LogP contribution in [0.1, 0.15) is 31.3 Å². The molecule has 10 heteroatoms. The Labute approximate surface area is 209 Å². The number of amides is 1. The molecular formula is C26H31NO9. The zero-order valence-corrected chi connectivity index (χ0v) is 20.1. The normalized spacial score (nSPS) is 28.5. The van der Waals surface area contributed by atoms with E-state index in [0.29, 0.717) is 0 Å². The van der Waals surface area contributed by atoms with Gasteiger partial charge >= 0.3 is 12.1 Å². The summed E-state index contributed by atoms with van der Waals surface area (Å²) in [5, 5.41) is 12.3. The van der Waals surface area contributed by atoms with Crippen molar-refractivity contribution in [2.24, 2.45) is 0 Å². The molecule has 0 aromatic heterocycles. The van der Waals surface area contributed by atoms with Crippen LogP contribution in [-0.2, 0) is 39.8 Å². The molecule has 10 nitrogen and oxygen atoms in total. The molecular weight excluding hydrogens is 470 g/mol. The number of fused-ring (bicyclic) bond motifs is 1. The Bertz CT molecular complexity index is 989. The van der Waals surface area contributed by atoms with Crippen molar-refractivity contribution in [1.29, 1.82) is 0 Å². The minimum atomic E-state index is -1.18. The number of carbonyl (C=O) groups is 2. The lowest BCUT2D eigenvalue weighted by molar-refractivity contribution is -0.351. The first-order chi connectivity index (χ1) is 17.5. The zero-order valence-electron chi connectivity index (χ0n) is 20.1. The summed E-state index contributed by atoms with van der Waals surface area (Å²) in [6.07, 6.45) is -5.91. The van der Waals surface area contributed by atoms with Crippen molar-refractivity contribution in [3.63, 3.8) is 0 Å². The van der Waals surface area contributed by atoms with Crippen LogP contribution in [0.3, 0.4) is 0 Å². The highest BCUT2D eigenvalue weighted by Crippen LogP contribution is 2.36. The molecule has 4 rings (SSSR count). The third-order valence-corrected chi connectivity index (χ3v) is 5.94. The molecule has 7 atom stereocenters. The SMILES string of the molecule is CCOC(=O)N[C@H]1[C@@H](OCc2ccccc2)O[C@@H]2COC(c3ccccc3)O[C@H]2[C@@H]1O[C@H](C)C(=O)O. The highest BCUT2D eigenvalue weighted by atomic mass is 16.8. The van der Waals surface area contributed by atoms with Crippen LogP contribution >= 0.6 is 0 Å². The number of ether oxygens (including phenoxy) is 6. The fraction of sp³-hybridized carbons (Fsp3) is 0.462. The third-order valence-electron chi connectivity index (χ3n) is 5.94. The number of benzene rings is 2. The number of alkyl carbamates (subject to hydrolysis) is 1. The van der Waals surface area contributed by atoms with Gasteiger partial charge in [0.2, 0.25) is 0 Å². The van der Waals surface area contributed by atoms with Gasteiger partial charge in [0.05, 0.1) is 19.8 Å². The highest BCUT2D eigenvalue weighted by molar-refractivity contribution is 5.71. The van der Waals surface area contributed by atoms with Crippen molar-refractivity contribution >= 4 is 12.1 Å². The molecule has 2 N–H and O–H groups in total. The van der Waals surface area contributed by atoms with Gasteiger partial charge in [-0.2, -0.15) is 0 Å². The van der Waals surface area contributed by atoms with E-state index in [4.69, 9.17) is 28.4 Å². The quantitative estimate of drug-likeness (QED) is 0.534. The van der Waals surface area contributed by atoms with E-state index in [1.165, 1.54) is 6.92 Å². The average molecular weight is 502 g/mol. The van der Waals surface area contributed by atoms with Gasteiger partial charge in [0.25, 0.3) is 0 Å². The van der Waals surface area contributed by atoms with Gasteiger partial charge in [-0.15, -0.1) is 0 Å². The van der Waals surface area contributed by atoms with Gasteiger partial charge in [0, 0.05) is 5.56 Å². The Morgan fingerprint density at radius 3 is 2.44 bits per heavy atom. The predicted octanol–water partition coefficient (Wildman–Crippen LogP) is 3.02. The second-order valence-electron chi connectivity index (χ2n) is 8.49. The van der Waals surface area contributed by atoms with Gasteiger partial charge in [-0.1, -0.05) is 60.7 Å². The maximum atomic E-state index is 12.5. The van der Waals surface area contributed by atoms with Crippen molar-refractivity contribution in [3.05, 3.63) is 71.8 Å². The first kappa shape index (κ1) is 26.1. The summed E-state index contributed by atoms with van der Waals surface area (Å²) in [6.45, 7) is 3.60. The van der Waals surface area contributed by atoms with Crippen molar-refractivity contribution in [2.45, 2.75) is 63.5 Å². The van der Waals surface area contributed by atoms with Crippen LogP contribution in [0, 0.1) is 0 Å². The molecule has 0 radical (unpaired) electrons. The van der Waals surface area contributed by atoms with Crippen LogP contribution < -0.4 is 5.32 Å². The first-order valence-corrected chi connectivity index (χ1v) is 11.9. The fourth-order valence-electron chi connectivity index (χ4n) is 4.16. The highest BCUT2D eigenvalue weighted by Gasteiger charge is 2.52. The molecule has 2 saturated heterocycles. The predicted molar refractivity (Wildman–Crippen MR) is 126 cm³/mol. The monoisotopic (exact) mass is 501 g/mol. The topological polar surface area (TPSA) is 122 Å². The zero-order chi connectivity index (χ0) is 25.5. The van der Waals surface area contributed by atoms with Crippen molar-refractivity contribution in [2.75, 3.05) is 13.2 Å². The van der Waals surface area contributed by atoms with E-state index < -0.39 is 55.1 Å². The lowest BCUT2D eigenvalue weighted by Gasteiger charge is -2.49. The minimum absolute atomic E-state index is 0.151. The summed E-state index contributed by atoms with van der Waals surface area (Å²) < 4.78 is 35.5. The summed E-state index contributed by atoms with van der Waals surface area (Å²) in [5.74, 6) is -1.15. The summed E-state index contributed by atoms with van der Waals surface area (Å²) in [6, 6.07) is 17.9. The Morgan fingerprint density at radius 1 is 1.08 bits per heavy atom. The summed E-state index contributed by atoms with van der Waals surface area (Å²) in [5.41, 5.74) is 1.69. The van der Waals surface area contributed by atoms with Crippen LogP contribution in [0.15, 0.2) is 60.7 Å². The van der Waals surface area contributed by atoms with E-state index in [-0.39, 0.29) is 19.8 Å². The fourth-order valence-corrected chi connectivity index (χ4v) is 4.16. The third kappa shape index (κ3) is 6.40. The molecule has 0 aliphatic carbocycles. The van der Waals surface area contributed by atoms with Gasteiger partial charge in [0.15, 0.2) is 18.7 Å². The molecule has 2 aliphatic rings. The Morgan fingerprint density at radius 2 is 1.78 bits per heavy atom. The number of hydrogen-bond acceptors (Lipinski definition) is 8. The van der Waals surface area contributed by atoms with Gasteiger partial charge in [-0.25, -0.2) is 9.59 Å². The second kappa shape index (κ2) is 12.3. The lowest BCUT2D eigenvalue weighted by Crippen LogP contribution is -2.68. The summed E-state index contributed by atoms with van der Waals surface area (Å²) >= 11 is 0. The van der Waals surface area contributed by atoms with Crippen LogP contribution in [0.4, 0.5) is 4.79 Å². The molecule has 194 valence electrons. The largest absolute Gasteiger partial charge is 0.479 e. The number of hydrogen-bond donors (Lipinski definition) is 2. The number of nitrogens with one attached hydrogen (secondary N) is 1. The van der Waals surface area contributed by atoms with Gasteiger partial charge < -0.3 is 38.8 Å². The molecule has 0 bridgehead atoms. The van der Waals surface area contributed by atoms with Crippen LogP contribution in [-0.4, -0.2) is 67.1 Å². The van der Waals surface area contributed by atoms with Crippen LogP contribution in [0.5, 0.6) is 0 Å². The Balaban J connectivity index is 1.61. The van der Waals surface area contributed by atoms with Crippen molar-refractivity contribution in [3.8, 4) is 0 Å². The first-order valence-electron chi connectivity index (χ1n) is 11.9. The minimum Gasteiger partial charge on any atom is -0.479 e. The summed E-state index contributed by atoms with van der Waals surface area (Å²) in [7, 11) is 0. The molecule has 2 aromatic rings. The van der Waals surface area contributed by atoms with E-state index in [0.717, 1.165) is 11.1 Å². The van der Waals surface area contributed by atoms with Crippen molar-refractivity contribution < 1.29 is 43.1 Å². The van der Waals surface area contributed by atoms with Gasteiger partial charge in [-0.05, 0) is 19.4 Å². The number of carboxylic acids is 1. The molecule has 2 heterocycles. The standard InChI is InChI=1S/C26H31NO9/c1-3-31-26(30)27-20-22(34-16(2)23(28)29)21-19(15-33-24(36-21)18-12-8-5-9-13-18)35-25(20)32-14-17-10-6-4-7-11-17/h4-13,16,19-22,24-25H,3,14-15H2,1-2H3,(H,27,30)(H,28,29)/t16-,19-,20-,21-,22-,24?,25+/m1/s1. The number of carboxylic acid groups (broad SMARTS) is 1. The lowest BCUT2D eigenvalue weighted by atomic mass is 9.95. The maximum absolute atomic E-state index is 12.5. The Hall–Kier alpha value is -3.02. The molecule has 0 spiro atoms. The van der Waals surface area contributed by atoms with E-state index in [2.05, 4.69) is 5.32 Å². The maximum Gasteiger partial charge on any atom is 0.407 e.